The minimum Gasteiger partial charge on any atom is -0.375 e. The van der Waals surface area contributed by atoms with E-state index in [4.69, 9.17) is 15.6 Å². The fourth-order valence-electron chi connectivity index (χ4n) is 2.91. The standard InChI is InChI=1S/C15H25N5O/c1-4-12-8-21-9(2)7-20(12)15-10(3)13(19-16)17-14(18-15)11-5-6-11/h9,11-12H,4-8,16H2,1-3H3,(H,17,18,19). The molecule has 3 rings (SSSR count). The number of aromatic nitrogens is 2. The fraction of sp³-hybridized carbons (Fsp3) is 0.733. The van der Waals surface area contributed by atoms with Crippen LogP contribution in [-0.4, -0.2) is 35.3 Å². The Morgan fingerprint density at radius 2 is 2.14 bits per heavy atom. The van der Waals surface area contributed by atoms with E-state index in [9.17, 15) is 0 Å². The molecule has 0 bridgehead atoms. The Hall–Kier alpha value is -1.40. The first-order chi connectivity index (χ1) is 10.1. The van der Waals surface area contributed by atoms with Gasteiger partial charge in [-0.25, -0.2) is 15.8 Å². The number of nitrogens with one attached hydrogen (secondary N) is 1. The molecule has 1 aromatic rings. The number of ether oxygens (including phenoxy) is 1. The molecule has 1 aliphatic heterocycles. The number of nitrogens with zero attached hydrogens (tertiary/aromatic N) is 3. The number of hydrazine groups is 1. The monoisotopic (exact) mass is 291 g/mol. The van der Waals surface area contributed by atoms with Gasteiger partial charge in [-0.2, -0.15) is 0 Å². The number of nitrogen functional groups attached to an aromatic ring is 1. The zero-order chi connectivity index (χ0) is 15.0. The Morgan fingerprint density at radius 1 is 1.38 bits per heavy atom. The van der Waals surface area contributed by atoms with E-state index in [0.717, 1.165) is 42.6 Å². The summed E-state index contributed by atoms with van der Waals surface area (Å²) in [5.41, 5.74) is 3.76. The second kappa shape index (κ2) is 5.77. The van der Waals surface area contributed by atoms with Crippen molar-refractivity contribution in [3.05, 3.63) is 11.4 Å². The van der Waals surface area contributed by atoms with Crippen molar-refractivity contribution in [2.75, 3.05) is 23.5 Å². The summed E-state index contributed by atoms with van der Waals surface area (Å²) < 4.78 is 5.79. The maximum absolute atomic E-state index is 5.79. The maximum atomic E-state index is 5.79. The van der Waals surface area contributed by atoms with Crippen LogP contribution in [0.15, 0.2) is 0 Å². The normalized spacial score (nSPS) is 26.0. The molecule has 0 aromatic carbocycles. The molecule has 2 atom stereocenters. The first-order valence-electron chi connectivity index (χ1n) is 7.87. The first-order valence-corrected chi connectivity index (χ1v) is 7.87. The molecule has 2 unspecified atom stereocenters. The molecule has 6 heteroatoms. The number of morpholine rings is 1. The third kappa shape index (κ3) is 2.82. The molecular weight excluding hydrogens is 266 g/mol. The van der Waals surface area contributed by atoms with Crippen LogP contribution >= 0.6 is 0 Å². The molecule has 0 spiro atoms. The zero-order valence-corrected chi connectivity index (χ0v) is 13.1. The molecule has 116 valence electrons. The Morgan fingerprint density at radius 3 is 2.76 bits per heavy atom. The van der Waals surface area contributed by atoms with Crippen LogP contribution in [0.2, 0.25) is 0 Å². The summed E-state index contributed by atoms with van der Waals surface area (Å²) in [4.78, 5) is 11.8. The summed E-state index contributed by atoms with van der Waals surface area (Å²) in [5.74, 6) is 8.85. The summed E-state index contributed by atoms with van der Waals surface area (Å²) in [7, 11) is 0. The van der Waals surface area contributed by atoms with Gasteiger partial charge in [-0.3, -0.25) is 0 Å². The van der Waals surface area contributed by atoms with Gasteiger partial charge in [0.1, 0.15) is 17.5 Å². The van der Waals surface area contributed by atoms with E-state index in [1.54, 1.807) is 0 Å². The molecule has 1 saturated carbocycles. The highest BCUT2D eigenvalue weighted by Crippen LogP contribution is 2.40. The summed E-state index contributed by atoms with van der Waals surface area (Å²) in [6.07, 6.45) is 3.63. The lowest BCUT2D eigenvalue weighted by atomic mass is 10.1. The average molecular weight is 291 g/mol. The predicted molar refractivity (Wildman–Crippen MR) is 83.4 cm³/mol. The van der Waals surface area contributed by atoms with Gasteiger partial charge in [0.05, 0.1) is 18.8 Å². The molecule has 0 amide bonds. The molecule has 2 heterocycles. The fourth-order valence-corrected chi connectivity index (χ4v) is 2.91. The maximum Gasteiger partial charge on any atom is 0.148 e. The van der Waals surface area contributed by atoms with Gasteiger partial charge in [-0.15, -0.1) is 0 Å². The molecule has 2 aliphatic rings. The molecule has 6 nitrogen and oxygen atoms in total. The lowest BCUT2D eigenvalue weighted by Crippen LogP contribution is -2.49. The van der Waals surface area contributed by atoms with Crippen molar-refractivity contribution in [3.8, 4) is 0 Å². The van der Waals surface area contributed by atoms with Crippen molar-refractivity contribution in [1.29, 1.82) is 0 Å². The predicted octanol–water partition coefficient (Wildman–Crippen LogP) is 1.95. The van der Waals surface area contributed by atoms with E-state index in [-0.39, 0.29) is 6.10 Å². The van der Waals surface area contributed by atoms with E-state index in [0.29, 0.717) is 12.0 Å². The SMILES string of the molecule is CCC1COC(C)CN1c1nc(C2CC2)nc(NN)c1C. The van der Waals surface area contributed by atoms with Crippen molar-refractivity contribution in [3.63, 3.8) is 0 Å². The second-order valence-corrected chi connectivity index (χ2v) is 6.16. The van der Waals surface area contributed by atoms with Crippen LogP contribution in [0.25, 0.3) is 0 Å². The summed E-state index contributed by atoms with van der Waals surface area (Å²) >= 11 is 0. The van der Waals surface area contributed by atoms with Gasteiger partial charge in [0.25, 0.3) is 0 Å². The van der Waals surface area contributed by atoms with Crippen molar-refractivity contribution in [2.45, 2.75) is 58.1 Å². The van der Waals surface area contributed by atoms with Crippen molar-refractivity contribution in [2.24, 2.45) is 5.84 Å². The number of nitrogens with two attached hydrogens (primary N) is 1. The van der Waals surface area contributed by atoms with Gasteiger partial charge in [0, 0.05) is 18.0 Å². The smallest absolute Gasteiger partial charge is 0.148 e. The lowest BCUT2D eigenvalue weighted by molar-refractivity contribution is 0.0295. The van der Waals surface area contributed by atoms with Crippen LogP contribution in [0.3, 0.4) is 0 Å². The van der Waals surface area contributed by atoms with Gasteiger partial charge in [-0.1, -0.05) is 6.92 Å². The van der Waals surface area contributed by atoms with Crippen LogP contribution in [0.4, 0.5) is 11.6 Å². The van der Waals surface area contributed by atoms with Crippen molar-refractivity contribution in [1.82, 2.24) is 9.97 Å². The van der Waals surface area contributed by atoms with E-state index in [1.807, 2.05) is 6.92 Å². The number of hydrogen-bond donors (Lipinski definition) is 2. The van der Waals surface area contributed by atoms with Crippen molar-refractivity contribution < 1.29 is 4.74 Å². The van der Waals surface area contributed by atoms with Crippen LogP contribution < -0.4 is 16.2 Å². The van der Waals surface area contributed by atoms with Gasteiger partial charge in [-0.05, 0) is 33.1 Å². The molecular formula is C15H25N5O. The second-order valence-electron chi connectivity index (χ2n) is 6.16. The van der Waals surface area contributed by atoms with Crippen molar-refractivity contribution >= 4 is 11.6 Å². The minimum absolute atomic E-state index is 0.223. The Bertz CT molecular complexity index is 517. The molecule has 3 N–H and O–H groups in total. The highest BCUT2D eigenvalue weighted by Gasteiger charge is 2.32. The molecule has 1 aromatic heterocycles. The summed E-state index contributed by atoms with van der Waals surface area (Å²) in [6.45, 7) is 7.96. The van der Waals surface area contributed by atoms with Crippen LogP contribution in [0.1, 0.15) is 50.4 Å². The quantitative estimate of drug-likeness (QED) is 0.652. The minimum atomic E-state index is 0.223. The topological polar surface area (TPSA) is 76.3 Å². The molecule has 21 heavy (non-hydrogen) atoms. The molecule has 1 aliphatic carbocycles. The van der Waals surface area contributed by atoms with Gasteiger partial charge < -0.3 is 15.1 Å². The number of hydrogen-bond acceptors (Lipinski definition) is 6. The molecule has 1 saturated heterocycles. The lowest BCUT2D eigenvalue weighted by Gasteiger charge is -2.40. The Labute approximate surface area is 126 Å². The molecule has 2 fully saturated rings. The summed E-state index contributed by atoms with van der Waals surface area (Å²) in [6, 6.07) is 0.368. The van der Waals surface area contributed by atoms with Gasteiger partial charge in [0.2, 0.25) is 0 Å². The first kappa shape index (κ1) is 14.5. The highest BCUT2D eigenvalue weighted by molar-refractivity contribution is 5.59. The van der Waals surface area contributed by atoms with E-state index in [1.165, 1.54) is 12.8 Å². The molecule has 0 radical (unpaired) electrons. The zero-order valence-electron chi connectivity index (χ0n) is 13.1. The van der Waals surface area contributed by atoms with Crippen LogP contribution in [0.5, 0.6) is 0 Å². The largest absolute Gasteiger partial charge is 0.375 e. The van der Waals surface area contributed by atoms with Crippen LogP contribution in [-0.2, 0) is 4.74 Å². The third-order valence-corrected chi connectivity index (χ3v) is 4.43. The third-order valence-electron chi connectivity index (χ3n) is 4.43. The van der Waals surface area contributed by atoms with Gasteiger partial charge >= 0.3 is 0 Å². The Kier molecular flexibility index (Phi) is 3.99. The summed E-state index contributed by atoms with van der Waals surface area (Å²) in [5, 5.41) is 0. The van der Waals surface area contributed by atoms with E-state index in [2.05, 4.69) is 29.2 Å². The van der Waals surface area contributed by atoms with Gasteiger partial charge in [0.15, 0.2) is 0 Å². The van der Waals surface area contributed by atoms with E-state index < -0.39 is 0 Å². The average Bonchev–Trinajstić information content (AvgIpc) is 3.32. The van der Waals surface area contributed by atoms with E-state index >= 15 is 0 Å². The highest BCUT2D eigenvalue weighted by atomic mass is 16.5. The number of anilines is 2. The Balaban J connectivity index is 2.00. The number of rotatable bonds is 4. The van der Waals surface area contributed by atoms with Crippen LogP contribution in [0, 0.1) is 6.92 Å².